The molecule has 2 fully saturated rings. The summed E-state index contributed by atoms with van der Waals surface area (Å²) < 4.78 is 10.2. The summed E-state index contributed by atoms with van der Waals surface area (Å²) in [6.45, 7) is 3.68. The third kappa shape index (κ3) is 4.55. The second-order valence-electron chi connectivity index (χ2n) is 7.09. The summed E-state index contributed by atoms with van der Waals surface area (Å²) in [5, 5.41) is 2.87. The van der Waals surface area contributed by atoms with E-state index in [2.05, 4.69) is 5.32 Å². The zero-order chi connectivity index (χ0) is 20.1. The van der Waals surface area contributed by atoms with Gasteiger partial charge in [0.15, 0.2) is 0 Å². The molecule has 0 bridgehead atoms. The Balaban J connectivity index is 1.53. The molecular weight excluding hydrogens is 362 g/mol. The van der Waals surface area contributed by atoms with Crippen LogP contribution >= 0.6 is 0 Å². The number of likely N-dealkylation sites (tertiary alicyclic amines) is 2. The van der Waals surface area contributed by atoms with E-state index in [0.717, 1.165) is 0 Å². The molecule has 8 nitrogen and oxygen atoms in total. The predicted octanol–water partition coefficient (Wildman–Crippen LogP) is 2.10. The molecule has 152 valence electrons. The molecule has 2 aliphatic rings. The van der Waals surface area contributed by atoms with Gasteiger partial charge in [0.25, 0.3) is 0 Å². The van der Waals surface area contributed by atoms with Gasteiger partial charge in [0.2, 0.25) is 11.8 Å². The van der Waals surface area contributed by atoms with E-state index in [1.54, 1.807) is 48.1 Å². The molecule has 0 aromatic heterocycles. The van der Waals surface area contributed by atoms with Gasteiger partial charge in [0.1, 0.15) is 5.75 Å². The number of nitrogens with zero attached hydrogens (tertiary/aromatic N) is 2. The lowest BCUT2D eigenvalue weighted by atomic mass is 10.0. The van der Waals surface area contributed by atoms with Crippen LogP contribution in [0.3, 0.4) is 0 Å². The summed E-state index contributed by atoms with van der Waals surface area (Å²) in [7, 11) is 1.57. The van der Waals surface area contributed by atoms with E-state index in [-0.39, 0.29) is 36.3 Å². The van der Waals surface area contributed by atoms with E-state index in [0.29, 0.717) is 50.5 Å². The monoisotopic (exact) mass is 389 g/mol. The van der Waals surface area contributed by atoms with Gasteiger partial charge in [-0.2, -0.15) is 0 Å². The normalized spacial score (nSPS) is 20.2. The number of nitrogens with one attached hydrogen (secondary N) is 1. The number of amides is 3. The van der Waals surface area contributed by atoms with Crippen LogP contribution in [0.15, 0.2) is 24.3 Å². The Bertz CT molecular complexity index is 730. The van der Waals surface area contributed by atoms with Crippen molar-refractivity contribution in [1.29, 1.82) is 0 Å². The van der Waals surface area contributed by atoms with Gasteiger partial charge < -0.3 is 24.6 Å². The standard InChI is InChI=1S/C20H27N3O5/c1-3-28-20(26)22-9-7-16(8-10-22)23-13-14(11-18(23)24)19(25)21-15-5-4-6-17(12-15)27-2/h4-6,12,14,16H,3,7-11,13H2,1-2H3,(H,21,25). The third-order valence-electron chi connectivity index (χ3n) is 5.30. The zero-order valence-corrected chi connectivity index (χ0v) is 16.3. The fraction of sp³-hybridized carbons (Fsp3) is 0.550. The molecule has 1 aromatic carbocycles. The highest BCUT2D eigenvalue weighted by Gasteiger charge is 2.39. The molecule has 8 heteroatoms. The van der Waals surface area contributed by atoms with Crippen LogP contribution in [0.5, 0.6) is 5.75 Å². The van der Waals surface area contributed by atoms with Crippen LogP contribution in [0.2, 0.25) is 0 Å². The molecule has 0 aliphatic carbocycles. The maximum Gasteiger partial charge on any atom is 0.409 e. The highest BCUT2D eigenvalue weighted by Crippen LogP contribution is 2.27. The van der Waals surface area contributed by atoms with E-state index in [4.69, 9.17) is 9.47 Å². The van der Waals surface area contributed by atoms with E-state index in [1.165, 1.54) is 0 Å². The molecule has 3 amide bonds. The minimum absolute atomic E-state index is 0.000349. The molecule has 0 saturated carbocycles. The van der Waals surface area contributed by atoms with Crippen LogP contribution in [-0.2, 0) is 14.3 Å². The summed E-state index contributed by atoms with van der Waals surface area (Å²) in [6, 6.07) is 7.21. The number of carbonyl (C=O) groups excluding carboxylic acids is 3. The molecule has 1 unspecified atom stereocenters. The van der Waals surface area contributed by atoms with Crippen molar-refractivity contribution < 1.29 is 23.9 Å². The van der Waals surface area contributed by atoms with E-state index < -0.39 is 0 Å². The van der Waals surface area contributed by atoms with Gasteiger partial charge in [-0.1, -0.05) is 6.07 Å². The number of rotatable bonds is 5. The highest BCUT2D eigenvalue weighted by molar-refractivity contribution is 5.97. The van der Waals surface area contributed by atoms with Crippen molar-refractivity contribution in [2.24, 2.45) is 5.92 Å². The quantitative estimate of drug-likeness (QED) is 0.833. The topological polar surface area (TPSA) is 88.2 Å². The maximum absolute atomic E-state index is 12.6. The van der Waals surface area contributed by atoms with Gasteiger partial charge in [0, 0.05) is 43.9 Å². The number of hydrogen-bond donors (Lipinski definition) is 1. The molecule has 0 spiro atoms. The number of anilines is 1. The van der Waals surface area contributed by atoms with Crippen molar-refractivity contribution in [3.05, 3.63) is 24.3 Å². The van der Waals surface area contributed by atoms with Crippen LogP contribution in [0.1, 0.15) is 26.2 Å². The minimum Gasteiger partial charge on any atom is -0.497 e. The van der Waals surface area contributed by atoms with Crippen LogP contribution in [-0.4, -0.2) is 67.1 Å². The molecule has 2 heterocycles. The van der Waals surface area contributed by atoms with Gasteiger partial charge in [-0.3, -0.25) is 9.59 Å². The lowest BCUT2D eigenvalue weighted by Crippen LogP contribution is -2.47. The highest BCUT2D eigenvalue weighted by atomic mass is 16.6. The number of methoxy groups -OCH3 is 1. The fourth-order valence-corrected chi connectivity index (χ4v) is 3.78. The molecule has 28 heavy (non-hydrogen) atoms. The lowest BCUT2D eigenvalue weighted by molar-refractivity contribution is -0.130. The molecule has 1 aromatic rings. The van der Waals surface area contributed by atoms with Crippen molar-refractivity contribution in [2.45, 2.75) is 32.2 Å². The number of hydrogen-bond acceptors (Lipinski definition) is 5. The number of ether oxygens (including phenoxy) is 2. The average molecular weight is 389 g/mol. The molecule has 2 aliphatic heterocycles. The maximum atomic E-state index is 12.6. The van der Waals surface area contributed by atoms with E-state index >= 15 is 0 Å². The Morgan fingerprint density at radius 3 is 2.68 bits per heavy atom. The Labute approximate surface area is 164 Å². The van der Waals surface area contributed by atoms with Gasteiger partial charge in [-0.25, -0.2) is 4.79 Å². The van der Waals surface area contributed by atoms with Gasteiger partial charge in [-0.05, 0) is 31.9 Å². The lowest BCUT2D eigenvalue weighted by Gasteiger charge is -2.36. The van der Waals surface area contributed by atoms with Crippen molar-refractivity contribution in [1.82, 2.24) is 9.80 Å². The molecule has 2 saturated heterocycles. The first-order valence-corrected chi connectivity index (χ1v) is 9.68. The summed E-state index contributed by atoms with van der Waals surface area (Å²) in [6.07, 6.45) is 1.32. The van der Waals surface area contributed by atoms with Gasteiger partial charge in [0.05, 0.1) is 19.6 Å². The first kappa shape index (κ1) is 20.0. The Morgan fingerprint density at radius 2 is 2.00 bits per heavy atom. The number of carbonyl (C=O) groups is 3. The largest absolute Gasteiger partial charge is 0.497 e. The van der Waals surface area contributed by atoms with Crippen LogP contribution in [0.4, 0.5) is 10.5 Å². The smallest absolute Gasteiger partial charge is 0.409 e. The summed E-state index contributed by atoms with van der Waals surface area (Å²) in [5.74, 6) is 0.130. The van der Waals surface area contributed by atoms with Crippen molar-refractivity contribution in [3.8, 4) is 5.75 Å². The first-order valence-electron chi connectivity index (χ1n) is 9.68. The Hall–Kier alpha value is -2.77. The van der Waals surface area contributed by atoms with E-state index in [1.807, 2.05) is 0 Å². The third-order valence-corrected chi connectivity index (χ3v) is 5.30. The van der Waals surface area contributed by atoms with Crippen LogP contribution < -0.4 is 10.1 Å². The molecule has 3 rings (SSSR count). The van der Waals surface area contributed by atoms with Crippen molar-refractivity contribution >= 4 is 23.6 Å². The Morgan fingerprint density at radius 1 is 1.25 bits per heavy atom. The minimum atomic E-state index is -0.373. The summed E-state index contributed by atoms with van der Waals surface area (Å²) in [5.41, 5.74) is 0.651. The van der Waals surface area contributed by atoms with Crippen LogP contribution in [0, 0.1) is 5.92 Å². The molecule has 1 atom stereocenters. The molecular formula is C20H27N3O5. The SMILES string of the molecule is CCOC(=O)N1CCC(N2CC(C(=O)Nc3cccc(OC)c3)CC2=O)CC1. The number of benzene rings is 1. The molecule has 0 radical (unpaired) electrons. The summed E-state index contributed by atoms with van der Waals surface area (Å²) >= 11 is 0. The van der Waals surface area contributed by atoms with E-state index in [9.17, 15) is 14.4 Å². The fourth-order valence-electron chi connectivity index (χ4n) is 3.78. The number of piperidine rings is 1. The second-order valence-corrected chi connectivity index (χ2v) is 7.09. The van der Waals surface area contributed by atoms with Gasteiger partial charge in [-0.15, -0.1) is 0 Å². The zero-order valence-electron chi connectivity index (χ0n) is 16.3. The van der Waals surface area contributed by atoms with Crippen molar-refractivity contribution in [2.75, 3.05) is 38.7 Å². The predicted molar refractivity (Wildman–Crippen MR) is 103 cm³/mol. The molecule has 1 N–H and O–H groups in total. The summed E-state index contributed by atoms with van der Waals surface area (Å²) in [4.78, 5) is 40.4. The average Bonchev–Trinajstić information content (AvgIpc) is 3.10. The van der Waals surface area contributed by atoms with Gasteiger partial charge >= 0.3 is 6.09 Å². The first-order chi connectivity index (χ1) is 13.5. The van der Waals surface area contributed by atoms with Crippen LogP contribution in [0.25, 0.3) is 0 Å². The Kier molecular flexibility index (Phi) is 6.38. The van der Waals surface area contributed by atoms with Crippen molar-refractivity contribution in [3.63, 3.8) is 0 Å². The second kappa shape index (κ2) is 8.95.